The van der Waals surface area contributed by atoms with Crippen molar-refractivity contribution in [3.05, 3.63) is 48.3 Å². The number of hydrogen-bond acceptors (Lipinski definition) is 4. The van der Waals surface area contributed by atoms with Crippen LogP contribution in [0.1, 0.15) is 32.3 Å². The summed E-state index contributed by atoms with van der Waals surface area (Å²) >= 11 is 0. The quantitative estimate of drug-likeness (QED) is 0.501. The largest absolute Gasteiger partial charge is 0.493 e. The maximum atomic E-state index is 12.4. The predicted octanol–water partition coefficient (Wildman–Crippen LogP) is 4.72. The summed E-state index contributed by atoms with van der Waals surface area (Å²) < 4.78 is 13.2. The molecular weight excluding hydrogens is 380 g/mol. The van der Waals surface area contributed by atoms with Gasteiger partial charge < -0.3 is 24.7 Å². The Kier molecular flexibility index (Phi) is 7.17. The first-order valence-corrected chi connectivity index (χ1v) is 10.2. The van der Waals surface area contributed by atoms with Crippen LogP contribution in [0.25, 0.3) is 11.0 Å². The van der Waals surface area contributed by atoms with E-state index in [1.807, 2.05) is 29.9 Å². The van der Waals surface area contributed by atoms with Gasteiger partial charge in [-0.05, 0) is 48.6 Å². The summed E-state index contributed by atoms with van der Waals surface area (Å²) in [6.07, 6.45) is 5.79. The predicted molar refractivity (Wildman–Crippen MR) is 119 cm³/mol. The molecule has 0 aliphatic heterocycles. The lowest BCUT2D eigenvalue weighted by Gasteiger charge is -2.14. The molecular formula is C23H30N4O3. The van der Waals surface area contributed by atoms with Crippen molar-refractivity contribution in [3.63, 3.8) is 0 Å². The van der Waals surface area contributed by atoms with Gasteiger partial charge in [0.05, 0.1) is 13.7 Å². The van der Waals surface area contributed by atoms with Gasteiger partial charge in [0.1, 0.15) is 5.65 Å². The van der Waals surface area contributed by atoms with Crippen LogP contribution in [0.3, 0.4) is 0 Å². The third-order valence-electron chi connectivity index (χ3n) is 4.90. The number of nitrogens with zero attached hydrogens (tertiary/aromatic N) is 2. The molecule has 160 valence electrons. The van der Waals surface area contributed by atoms with Gasteiger partial charge in [-0.1, -0.05) is 13.8 Å². The maximum Gasteiger partial charge on any atom is 0.319 e. The first kappa shape index (κ1) is 21.5. The summed E-state index contributed by atoms with van der Waals surface area (Å²) in [5, 5.41) is 6.79. The van der Waals surface area contributed by atoms with E-state index in [4.69, 9.17) is 9.47 Å². The number of carbonyl (C=O) groups is 1. The monoisotopic (exact) mass is 410 g/mol. The molecule has 7 heteroatoms. The highest BCUT2D eigenvalue weighted by molar-refractivity contribution is 5.90. The lowest BCUT2D eigenvalue weighted by molar-refractivity contribution is 0.251. The zero-order valence-electron chi connectivity index (χ0n) is 18.1. The van der Waals surface area contributed by atoms with Gasteiger partial charge >= 0.3 is 6.03 Å². The molecule has 2 N–H and O–H groups in total. The number of urea groups is 1. The number of methoxy groups -OCH3 is 1. The Hall–Kier alpha value is -3.22. The number of fused-ring (bicyclic) bond motifs is 1. The van der Waals surface area contributed by atoms with Crippen molar-refractivity contribution in [2.24, 2.45) is 13.0 Å². The van der Waals surface area contributed by atoms with E-state index in [1.54, 1.807) is 31.5 Å². The van der Waals surface area contributed by atoms with Crippen molar-refractivity contribution in [2.75, 3.05) is 19.0 Å². The summed E-state index contributed by atoms with van der Waals surface area (Å²) in [6.45, 7) is 5.40. The highest BCUT2D eigenvalue weighted by Gasteiger charge is 2.10. The summed E-state index contributed by atoms with van der Waals surface area (Å²) in [6, 6.07) is 9.01. The number of hydrogen-bond donors (Lipinski definition) is 2. The molecule has 2 aromatic heterocycles. The molecule has 0 spiro atoms. The first-order chi connectivity index (χ1) is 14.5. The Bertz CT molecular complexity index is 997. The second-order valence-electron chi connectivity index (χ2n) is 7.69. The van der Waals surface area contributed by atoms with Gasteiger partial charge in [0.25, 0.3) is 0 Å². The zero-order valence-corrected chi connectivity index (χ0v) is 18.1. The molecule has 0 unspecified atom stereocenters. The molecule has 0 radical (unpaired) electrons. The Labute approximate surface area is 177 Å². The molecule has 3 aromatic rings. The van der Waals surface area contributed by atoms with E-state index in [0.29, 0.717) is 36.3 Å². The van der Waals surface area contributed by atoms with E-state index in [-0.39, 0.29) is 6.03 Å². The molecule has 0 bridgehead atoms. The van der Waals surface area contributed by atoms with E-state index in [9.17, 15) is 4.79 Å². The number of amides is 2. The van der Waals surface area contributed by atoms with Crippen LogP contribution >= 0.6 is 0 Å². The lowest BCUT2D eigenvalue weighted by atomic mass is 10.1. The molecule has 0 saturated heterocycles. The molecule has 3 rings (SSSR count). The van der Waals surface area contributed by atoms with Gasteiger partial charge in [0.2, 0.25) is 0 Å². The number of aryl methyl sites for hydroxylation is 1. The van der Waals surface area contributed by atoms with Crippen LogP contribution in [0.15, 0.2) is 42.7 Å². The molecule has 0 saturated carbocycles. The fourth-order valence-corrected chi connectivity index (χ4v) is 3.27. The summed E-state index contributed by atoms with van der Waals surface area (Å²) in [7, 11) is 3.56. The van der Waals surface area contributed by atoms with Gasteiger partial charge in [0.15, 0.2) is 11.5 Å². The van der Waals surface area contributed by atoms with Gasteiger partial charge in [-0.2, -0.15) is 0 Å². The number of pyridine rings is 1. The summed E-state index contributed by atoms with van der Waals surface area (Å²) in [5.74, 6) is 1.91. The highest BCUT2D eigenvalue weighted by atomic mass is 16.5. The molecule has 2 heterocycles. The second-order valence-corrected chi connectivity index (χ2v) is 7.69. The zero-order chi connectivity index (χ0) is 21.5. The van der Waals surface area contributed by atoms with Crippen molar-refractivity contribution in [1.82, 2.24) is 14.9 Å². The van der Waals surface area contributed by atoms with Crippen LogP contribution in [0.2, 0.25) is 0 Å². The van der Waals surface area contributed by atoms with E-state index in [0.717, 1.165) is 29.4 Å². The molecule has 0 aliphatic carbocycles. The number of aromatic nitrogens is 2. The summed E-state index contributed by atoms with van der Waals surface area (Å²) in [4.78, 5) is 16.8. The van der Waals surface area contributed by atoms with Crippen LogP contribution < -0.4 is 20.1 Å². The second kappa shape index (κ2) is 10.0. The Morgan fingerprint density at radius 3 is 2.80 bits per heavy atom. The number of carbonyl (C=O) groups excluding carboxylic acids is 1. The standard InChI is InChI=1S/C23H30N4O3/c1-16(2)6-5-13-30-21-14-18(7-8-20(21)29-4)26-23(28)25-15-17-9-11-24-22-19(17)10-12-27(22)3/h7-12,14,16H,5-6,13,15H2,1-4H3,(H2,25,26,28). The lowest BCUT2D eigenvalue weighted by Crippen LogP contribution is -2.28. The van der Waals surface area contributed by atoms with Gasteiger partial charge in [-0.15, -0.1) is 0 Å². The number of benzene rings is 1. The van der Waals surface area contributed by atoms with E-state index < -0.39 is 0 Å². The first-order valence-electron chi connectivity index (χ1n) is 10.2. The van der Waals surface area contributed by atoms with Gasteiger partial charge in [-0.3, -0.25) is 0 Å². The molecule has 30 heavy (non-hydrogen) atoms. The molecule has 0 aliphatic rings. The summed E-state index contributed by atoms with van der Waals surface area (Å²) in [5.41, 5.74) is 2.55. The fourth-order valence-electron chi connectivity index (χ4n) is 3.27. The Morgan fingerprint density at radius 1 is 1.20 bits per heavy atom. The van der Waals surface area contributed by atoms with Crippen molar-refractivity contribution < 1.29 is 14.3 Å². The minimum atomic E-state index is -0.285. The van der Waals surface area contributed by atoms with Gasteiger partial charge in [-0.25, -0.2) is 9.78 Å². The smallest absolute Gasteiger partial charge is 0.319 e. The number of ether oxygens (including phenoxy) is 2. The molecule has 0 fully saturated rings. The molecule has 2 amide bonds. The number of nitrogens with one attached hydrogen (secondary N) is 2. The van der Waals surface area contributed by atoms with Gasteiger partial charge in [0, 0.05) is 43.1 Å². The molecule has 0 atom stereocenters. The van der Waals surface area contributed by atoms with Crippen LogP contribution in [0.4, 0.5) is 10.5 Å². The van der Waals surface area contributed by atoms with Crippen molar-refractivity contribution in [1.29, 1.82) is 0 Å². The number of anilines is 1. The van der Waals surface area contributed by atoms with E-state index >= 15 is 0 Å². The van der Waals surface area contributed by atoms with E-state index in [2.05, 4.69) is 29.5 Å². The fraction of sp³-hybridized carbons (Fsp3) is 0.391. The van der Waals surface area contributed by atoms with Crippen LogP contribution in [0, 0.1) is 5.92 Å². The van der Waals surface area contributed by atoms with Crippen molar-refractivity contribution in [3.8, 4) is 11.5 Å². The van der Waals surface area contributed by atoms with Crippen LogP contribution in [-0.2, 0) is 13.6 Å². The molecule has 1 aromatic carbocycles. The minimum absolute atomic E-state index is 0.285. The SMILES string of the molecule is COc1ccc(NC(=O)NCc2ccnc3c2ccn3C)cc1OCCCC(C)C. The normalized spacial score (nSPS) is 11.0. The van der Waals surface area contributed by atoms with Crippen molar-refractivity contribution >= 4 is 22.8 Å². The highest BCUT2D eigenvalue weighted by Crippen LogP contribution is 2.30. The maximum absolute atomic E-state index is 12.4. The average molecular weight is 411 g/mol. The molecule has 7 nitrogen and oxygen atoms in total. The minimum Gasteiger partial charge on any atom is -0.493 e. The topological polar surface area (TPSA) is 77.4 Å². The number of rotatable bonds is 9. The van der Waals surface area contributed by atoms with Crippen molar-refractivity contribution in [2.45, 2.75) is 33.2 Å². The third kappa shape index (κ3) is 5.43. The third-order valence-corrected chi connectivity index (χ3v) is 4.90. The van der Waals surface area contributed by atoms with E-state index in [1.165, 1.54) is 0 Å². The Balaban J connectivity index is 1.59. The Morgan fingerprint density at radius 2 is 2.03 bits per heavy atom. The van der Waals surface area contributed by atoms with Crippen LogP contribution in [0.5, 0.6) is 11.5 Å². The average Bonchev–Trinajstić information content (AvgIpc) is 3.11. The van der Waals surface area contributed by atoms with Crippen LogP contribution in [-0.4, -0.2) is 29.3 Å².